The quantitative estimate of drug-likeness (QED) is 0.665. The van der Waals surface area contributed by atoms with Gasteiger partial charge in [-0.15, -0.1) is 0 Å². The number of ketones is 1. The van der Waals surface area contributed by atoms with E-state index in [1.54, 1.807) is 12.1 Å². The molecule has 6 heteroatoms. The van der Waals surface area contributed by atoms with Crippen molar-refractivity contribution in [2.45, 2.75) is 12.8 Å². The molecule has 6 nitrogen and oxygen atoms in total. The molecule has 2 aromatic rings. The summed E-state index contributed by atoms with van der Waals surface area (Å²) in [6, 6.07) is 12.3. The predicted molar refractivity (Wildman–Crippen MR) is 82.7 cm³/mol. The van der Waals surface area contributed by atoms with Gasteiger partial charge < -0.3 is 0 Å². The van der Waals surface area contributed by atoms with Crippen LogP contribution in [0.1, 0.15) is 23.2 Å². The maximum Gasteiger partial charge on any atom is 0.328 e. The Hall–Kier alpha value is -3.02. The Balaban J connectivity index is 1.70. The average molecular weight is 310 g/mol. The number of hydrogen-bond acceptors (Lipinski definition) is 4. The van der Waals surface area contributed by atoms with E-state index in [0.717, 1.165) is 10.8 Å². The topological polar surface area (TPSA) is 92.3 Å². The Morgan fingerprint density at radius 2 is 1.57 bits per heavy atom. The number of nitrogens with one attached hydrogen (secondary N) is 2. The molecule has 116 valence electrons. The molecule has 1 heterocycles. The highest BCUT2D eigenvalue weighted by Gasteiger charge is 2.34. The molecule has 0 saturated carbocycles. The molecule has 3 rings (SSSR count). The third-order valence-electron chi connectivity index (χ3n) is 3.84. The molecule has 4 amide bonds. The van der Waals surface area contributed by atoms with E-state index in [1.807, 2.05) is 41.0 Å². The third-order valence-corrected chi connectivity index (χ3v) is 3.84. The number of hydrogen-bond donors (Lipinski definition) is 2. The smallest absolute Gasteiger partial charge is 0.294 e. The fourth-order valence-electron chi connectivity index (χ4n) is 2.59. The first-order valence-electron chi connectivity index (χ1n) is 7.22. The largest absolute Gasteiger partial charge is 0.328 e. The van der Waals surface area contributed by atoms with Crippen molar-refractivity contribution in [1.82, 2.24) is 10.6 Å². The summed E-state index contributed by atoms with van der Waals surface area (Å²) >= 11 is 0. The maximum atomic E-state index is 12.3. The second kappa shape index (κ2) is 6.00. The van der Waals surface area contributed by atoms with Crippen LogP contribution in [0.25, 0.3) is 10.8 Å². The first kappa shape index (κ1) is 14.9. The summed E-state index contributed by atoms with van der Waals surface area (Å²) in [5.74, 6) is -2.49. The number of barbiturate groups is 1. The van der Waals surface area contributed by atoms with Crippen LogP contribution in [0.3, 0.4) is 0 Å². The van der Waals surface area contributed by atoms with Crippen LogP contribution in [0, 0.1) is 5.92 Å². The van der Waals surface area contributed by atoms with Gasteiger partial charge in [0.15, 0.2) is 5.78 Å². The fraction of sp³-hybridized carbons (Fsp3) is 0.176. The number of benzene rings is 2. The first-order chi connectivity index (χ1) is 11.0. The van der Waals surface area contributed by atoms with Gasteiger partial charge in [-0.3, -0.25) is 25.0 Å². The first-order valence-corrected chi connectivity index (χ1v) is 7.22. The maximum absolute atomic E-state index is 12.3. The van der Waals surface area contributed by atoms with Gasteiger partial charge in [0.05, 0.1) is 0 Å². The molecule has 0 aliphatic carbocycles. The lowest BCUT2D eigenvalue weighted by Gasteiger charge is -2.20. The third kappa shape index (κ3) is 3.11. The van der Waals surface area contributed by atoms with E-state index in [9.17, 15) is 19.2 Å². The molecule has 2 aromatic carbocycles. The molecule has 2 N–H and O–H groups in total. The minimum absolute atomic E-state index is 0.0536. The molecule has 1 fully saturated rings. The van der Waals surface area contributed by atoms with Crippen molar-refractivity contribution in [2.75, 3.05) is 0 Å². The van der Waals surface area contributed by atoms with Gasteiger partial charge in [0.1, 0.15) is 5.92 Å². The van der Waals surface area contributed by atoms with Crippen molar-refractivity contribution in [1.29, 1.82) is 0 Å². The molecule has 0 bridgehead atoms. The van der Waals surface area contributed by atoms with Crippen LogP contribution in [0.2, 0.25) is 0 Å². The summed E-state index contributed by atoms with van der Waals surface area (Å²) in [5.41, 5.74) is 0.538. The van der Waals surface area contributed by atoms with Gasteiger partial charge in [-0.1, -0.05) is 36.4 Å². The van der Waals surface area contributed by atoms with Crippen LogP contribution in [0.15, 0.2) is 42.5 Å². The Kier molecular flexibility index (Phi) is 3.89. The molecule has 0 unspecified atom stereocenters. The van der Waals surface area contributed by atoms with Crippen LogP contribution in [-0.2, 0) is 9.59 Å². The van der Waals surface area contributed by atoms with E-state index < -0.39 is 23.8 Å². The lowest BCUT2D eigenvalue weighted by atomic mass is 9.95. The molecule has 1 saturated heterocycles. The summed E-state index contributed by atoms with van der Waals surface area (Å²) < 4.78 is 0. The van der Waals surface area contributed by atoms with E-state index in [-0.39, 0.29) is 18.6 Å². The Morgan fingerprint density at radius 1 is 0.913 bits per heavy atom. The number of carbonyl (C=O) groups excluding carboxylic acids is 4. The van der Waals surface area contributed by atoms with Crippen molar-refractivity contribution in [2.24, 2.45) is 5.92 Å². The number of amides is 4. The highest BCUT2D eigenvalue weighted by Crippen LogP contribution is 2.18. The molecule has 1 aliphatic heterocycles. The van der Waals surface area contributed by atoms with Gasteiger partial charge in [-0.2, -0.15) is 0 Å². The number of carbonyl (C=O) groups is 4. The summed E-state index contributed by atoms with van der Waals surface area (Å²) in [4.78, 5) is 46.5. The predicted octanol–water partition coefficient (Wildman–Crippen LogP) is 1.78. The molecule has 0 spiro atoms. The van der Waals surface area contributed by atoms with Crippen molar-refractivity contribution in [3.8, 4) is 0 Å². The summed E-state index contributed by atoms with van der Waals surface area (Å²) in [6.07, 6.45) is 0.120. The van der Waals surface area contributed by atoms with E-state index in [0.29, 0.717) is 5.56 Å². The lowest BCUT2D eigenvalue weighted by molar-refractivity contribution is -0.136. The molecule has 23 heavy (non-hydrogen) atoms. The fourth-order valence-corrected chi connectivity index (χ4v) is 2.59. The zero-order valence-electron chi connectivity index (χ0n) is 12.2. The molecule has 0 aromatic heterocycles. The Labute approximate surface area is 131 Å². The van der Waals surface area contributed by atoms with E-state index >= 15 is 0 Å². The summed E-state index contributed by atoms with van der Waals surface area (Å²) in [7, 11) is 0. The minimum atomic E-state index is -1.02. The molecular formula is C17H14N2O4. The Morgan fingerprint density at radius 3 is 2.26 bits per heavy atom. The van der Waals surface area contributed by atoms with Gasteiger partial charge in [0.25, 0.3) is 0 Å². The minimum Gasteiger partial charge on any atom is -0.294 e. The monoisotopic (exact) mass is 310 g/mol. The van der Waals surface area contributed by atoms with Crippen LogP contribution in [-0.4, -0.2) is 23.6 Å². The number of rotatable bonds is 4. The van der Waals surface area contributed by atoms with E-state index in [1.165, 1.54) is 0 Å². The van der Waals surface area contributed by atoms with Crippen molar-refractivity contribution in [3.63, 3.8) is 0 Å². The van der Waals surface area contributed by atoms with E-state index in [2.05, 4.69) is 0 Å². The van der Waals surface area contributed by atoms with Gasteiger partial charge in [-0.25, -0.2) is 4.79 Å². The normalized spacial score (nSPS) is 15.4. The second-order valence-electron chi connectivity index (χ2n) is 5.38. The van der Waals surface area contributed by atoms with Gasteiger partial charge in [0.2, 0.25) is 11.8 Å². The second-order valence-corrected chi connectivity index (χ2v) is 5.38. The summed E-state index contributed by atoms with van der Waals surface area (Å²) in [6.45, 7) is 0. The zero-order valence-corrected chi connectivity index (χ0v) is 12.2. The molecule has 0 radical (unpaired) electrons. The number of urea groups is 1. The van der Waals surface area contributed by atoms with Gasteiger partial charge in [0, 0.05) is 12.0 Å². The van der Waals surface area contributed by atoms with Crippen molar-refractivity contribution < 1.29 is 19.2 Å². The van der Waals surface area contributed by atoms with Crippen LogP contribution < -0.4 is 10.6 Å². The lowest BCUT2D eigenvalue weighted by Crippen LogP contribution is -2.55. The summed E-state index contributed by atoms with van der Waals surface area (Å²) in [5, 5.41) is 6.04. The van der Waals surface area contributed by atoms with Crippen LogP contribution in [0.5, 0.6) is 0 Å². The number of imide groups is 2. The highest BCUT2D eigenvalue weighted by atomic mass is 16.2. The van der Waals surface area contributed by atoms with Crippen LogP contribution >= 0.6 is 0 Å². The zero-order chi connectivity index (χ0) is 16.4. The van der Waals surface area contributed by atoms with Crippen molar-refractivity contribution in [3.05, 3.63) is 48.0 Å². The van der Waals surface area contributed by atoms with Crippen LogP contribution in [0.4, 0.5) is 4.79 Å². The van der Waals surface area contributed by atoms with Crippen molar-refractivity contribution >= 4 is 34.4 Å². The molecule has 0 atom stereocenters. The number of Topliss-reactive ketones (excluding diaryl/α,β-unsaturated/α-hetero) is 1. The standard InChI is InChI=1S/C17H14N2O4/c20-14(8-7-13-15(21)18-17(23)19-16(13)22)12-6-5-10-3-1-2-4-11(10)9-12/h1-6,9,13H,7-8H2,(H2,18,19,21,22,23). The van der Waals surface area contributed by atoms with Gasteiger partial charge >= 0.3 is 6.03 Å². The number of fused-ring (bicyclic) bond motifs is 1. The average Bonchev–Trinajstić information content (AvgIpc) is 2.53. The van der Waals surface area contributed by atoms with Gasteiger partial charge in [-0.05, 0) is 23.3 Å². The Bertz CT molecular complexity index is 808. The highest BCUT2D eigenvalue weighted by molar-refractivity contribution is 6.16. The molecule has 1 aliphatic rings. The SMILES string of the molecule is O=C1NC(=O)C(CCC(=O)c2ccc3ccccc3c2)C(=O)N1. The molecular weight excluding hydrogens is 296 g/mol. The van der Waals surface area contributed by atoms with E-state index in [4.69, 9.17) is 0 Å².